The first kappa shape index (κ1) is 12.8. The molecule has 86 valence electrons. The van der Waals surface area contributed by atoms with Gasteiger partial charge in [0, 0.05) is 24.1 Å². The Bertz CT molecular complexity index is 444. The molecule has 0 aliphatic heterocycles. The molecule has 0 aliphatic carbocycles. The third-order valence-corrected chi connectivity index (χ3v) is 2.28. The quantitative estimate of drug-likeness (QED) is 0.486. The zero-order valence-corrected chi connectivity index (χ0v) is 10.9. The second-order valence-corrected chi connectivity index (χ2v) is 4.46. The Labute approximate surface area is 102 Å². The number of carbonyl (C=O) groups is 1. The van der Waals surface area contributed by atoms with Gasteiger partial charge in [-0.3, -0.25) is 4.79 Å². The van der Waals surface area contributed by atoms with E-state index in [9.17, 15) is 9.18 Å². The van der Waals surface area contributed by atoms with Gasteiger partial charge in [-0.15, -0.1) is 0 Å². The lowest BCUT2D eigenvalue weighted by atomic mass is 10.1. The SMILES string of the molecule is CC(=O)c1cc(Br)cc(F)c1/N=C/N(C)C. The van der Waals surface area contributed by atoms with Gasteiger partial charge in [0.15, 0.2) is 11.6 Å². The molecule has 0 saturated heterocycles. The lowest BCUT2D eigenvalue weighted by Crippen LogP contribution is -2.07. The summed E-state index contributed by atoms with van der Waals surface area (Å²) in [6.07, 6.45) is 1.46. The Morgan fingerprint density at radius 3 is 2.62 bits per heavy atom. The highest BCUT2D eigenvalue weighted by atomic mass is 79.9. The van der Waals surface area contributed by atoms with Gasteiger partial charge in [0.1, 0.15) is 5.69 Å². The Kier molecular flexibility index (Phi) is 4.18. The van der Waals surface area contributed by atoms with Gasteiger partial charge in [-0.2, -0.15) is 0 Å². The Morgan fingerprint density at radius 2 is 2.12 bits per heavy atom. The third kappa shape index (κ3) is 3.13. The second kappa shape index (κ2) is 5.21. The molecule has 0 radical (unpaired) electrons. The fourth-order valence-corrected chi connectivity index (χ4v) is 1.57. The van der Waals surface area contributed by atoms with Crippen LogP contribution in [0.3, 0.4) is 0 Å². The number of nitrogens with zero attached hydrogens (tertiary/aromatic N) is 2. The molecule has 0 N–H and O–H groups in total. The summed E-state index contributed by atoms with van der Waals surface area (Å²) in [6, 6.07) is 2.85. The molecule has 0 unspecified atom stereocenters. The molecule has 0 heterocycles. The van der Waals surface area contributed by atoms with Crippen molar-refractivity contribution in [1.82, 2.24) is 4.90 Å². The van der Waals surface area contributed by atoms with E-state index in [0.29, 0.717) is 4.47 Å². The normalized spacial score (nSPS) is 10.8. The highest BCUT2D eigenvalue weighted by Crippen LogP contribution is 2.27. The van der Waals surface area contributed by atoms with Gasteiger partial charge in [0.25, 0.3) is 0 Å². The van der Waals surface area contributed by atoms with Crippen LogP contribution in [0.1, 0.15) is 17.3 Å². The van der Waals surface area contributed by atoms with Gasteiger partial charge in [-0.1, -0.05) is 15.9 Å². The number of hydrogen-bond donors (Lipinski definition) is 0. The fraction of sp³-hybridized carbons (Fsp3) is 0.273. The average Bonchev–Trinajstić information content (AvgIpc) is 2.14. The van der Waals surface area contributed by atoms with E-state index >= 15 is 0 Å². The summed E-state index contributed by atoms with van der Waals surface area (Å²) in [4.78, 5) is 17.0. The smallest absolute Gasteiger partial charge is 0.162 e. The first-order chi connectivity index (χ1) is 7.41. The third-order valence-electron chi connectivity index (χ3n) is 1.83. The fourth-order valence-electron chi connectivity index (χ4n) is 1.14. The van der Waals surface area contributed by atoms with Crippen molar-refractivity contribution in [1.29, 1.82) is 0 Å². The molecule has 1 aromatic carbocycles. The van der Waals surface area contributed by atoms with E-state index in [2.05, 4.69) is 20.9 Å². The van der Waals surface area contributed by atoms with E-state index < -0.39 is 5.82 Å². The van der Waals surface area contributed by atoms with Gasteiger partial charge in [-0.05, 0) is 19.1 Å². The summed E-state index contributed by atoms with van der Waals surface area (Å²) in [5, 5.41) is 0. The molecule has 0 spiro atoms. The number of rotatable bonds is 3. The molecular weight excluding hydrogens is 275 g/mol. The van der Waals surface area contributed by atoms with Gasteiger partial charge in [0.05, 0.1) is 6.34 Å². The van der Waals surface area contributed by atoms with Crippen molar-refractivity contribution in [3.63, 3.8) is 0 Å². The summed E-state index contributed by atoms with van der Waals surface area (Å²) in [6.45, 7) is 1.38. The number of benzene rings is 1. The van der Waals surface area contributed by atoms with Crippen molar-refractivity contribution in [2.24, 2.45) is 4.99 Å². The molecule has 0 bridgehead atoms. The van der Waals surface area contributed by atoms with Crippen molar-refractivity contribution in [2.45, 2.75) is 6.92 Å². The molecule has 0 saturated carbocycles. The minimum atomic E-state index is -0.516. The molecule has 5 heteroatoms. The highest BCUT2D eigenvalue weighted by molar-refractivity contribution is 9.10. The maximum absolute atomic E-state index is 13.6. The molecule has 1 rings (SSSR count). The zero-order valence-electron chi connectivity index (χ0n) is 9.29. The standard InChI is InChI=1S/C11H12BrFN2O/c1-7(16)9-4-8(12)5-10(13)11(9)14-6-15(2)3/h4-6H,1-3H3/b14-6+. The number of Topliss-reactive ketones (excluding diaryl/α,β-unsaturated/α-hetero) is 1. The van der Waals surface area contributed by atoms with E-state index in [1.807, 2.05) is 0 Å². The molecular formula is C11H12BrFN2O. The predicted octanol–water partition coefficient (Wildman–Crippen LogP) is 3.01. The molecule has 0 aromatic heterocycles. The summed E-state index contributed by atoms with van der Waals surface area (Å²) in [5.74, 6) is -0.733. The van der Waals surface area contributed by atoms with Gasteiger partial charge in [0.2, 0.25) is 0 Å². The Hall–Kier alpha value is -1.23. The van der Waals surface area contributed by atoms with E-state index in [1.165, 1.54) is 19.3 Å². The summed E-state index contributed by atoms with van der Waals surface area (Å²) < 4.78 is 14.1. The Balaban J connectivity index is 3.30. The van der Waals surface area contributed by atoms with Crippen LogP contribution in [0, 0.1) is 5.82 Å². The molecule has 0 amide bonds. The molecule has 0 fully saturated rings. The topological polar surface area (TPSA) is 32.7 Å². The molecule has 3 nitrogen and oxygen atoms in total. The van der Waals surface area contributed by atoms with Crippen LogP contribution in [0.4, 0.5) is 10.1 Å². The summed E-state index contributed by atoms with van der Waals surface area (Å²) in [5.41, 5.74) is 0.342. The van der Waals surface area contributed by atoms with Crippen LogP contribution in [0.15, 0.2) is 21.6 Å². The Morgan fingerprint density at radius 1 is 1.50 bits per heavy atom. The van der Waals surface area contributed by atoms with E-state index in [0.717, 1.165) is 0 Å². The number of hydrogen-bond acceptors (Lipinski definition) is 2. The maximum atomic E-state index is 13.6. The number of carbonyl (C=O) groups excluding carboxylic acids is 1. The number of aliphatic imine (C=N–C) groups is 1. The van der Waals surface area contributed by atoms with Crippen LogP contribution >= 0.6 is 15.9 Å². The summed E-state index contributed by atoms with van der Waals surface area (Å²) in [7, 11) is 3.54. The largest absolute Gasteiger partial charge is 0.369 e. The molecule has 1 aromatic rings. The first-order valence-electron chi connectivity index (χ1n) is 4.62. The van der Waals surface area contributed by atoms with Crippen LogP contribution in [0.2, 0.25) is 0 Å². The van der Waals surface area contributed by atoms with E-state index in [4.69, 9.17) is 0 Å². The van der Waals surface area contributed by atoms with Crippen molar-refractivity contribution >= 4 is 33.7 Å². The van der Waals surface area contributed by atoms with Gasteiger partial charge >= 0.3 is 0 Å². The van der Waals surface area contributed by atoms with Crippen LogP contribution < -0.4 is 0 Å². The molecule has 0 aliphatic rings. The average molecular weight is 287 g/mol. The van der Waals surface area contributed by atoms with Crippen molar-refractivity contribution in [2.75, 3.05) is 14.1 Å². The van der Waals surface area contributed by atoms with Crippen molar-refractivity contribution in [3.05, 3.63) is 28.0 Å². The minimum absolute atomic E-state index is 0.0735. The maximum Gasteiger partial charge on any atom is 0.162 e. The van der Waals surface area contributed by atoms with E-state index in [1.54, 1.807) is 25.1 Å². The highest BCUT2D eigenvalue weighted by Gasteiger charge is 2.12. The zero-order chi connectivity index (χ0) is 12.3. The van der Waals surface area contributed by atoms with Crippen LogP contribution in [-0.2, 0) is 0 Å². The number of halogens is 2. The number of ketones is 1. The van der Waals surface area contributed by atoms with Crippen molar-refractivity contribution < 1.29 is 9.18 Å². The minimum Gasteiger partial charge on any atom is -0.369 e. The van der Waals surface area contributed by atoms with Gasteiger partial charge in [-0.25, -0.2) is 9.38 Å². The monoisotopic (exact) mass is 286 g/mol. The summed E-state index contributed by atoms with van der Waals surface area (Å²) >= 11 is 3.14. The lowest BCUT2D eigenvalue weighted by molar-refractivity contribution is 0.101. The molecule has 16 heavy (non-hydrogen) atoms. The van der Waals surface area contributed by atoms with Crippen LogP contribution in [0.25, 0.3) is 0 Å². The lowest BCUT2D eigenvalue weighted by Gasteiger charge is -2.07. The predicted molar refractivity (Wildman–Crippen MR) is 65.9 cm³/mol. The second-order valence-electron chi connectivity index (χ2n) is 3.55. The molecule has 0 atom stereocenters. The first-order valence-corrected chi connectivity index (χ1v) is 5.41. The van der Waals surface area contributed by atoms with Gasteiger partial charge < -0.3 is 4.90 Å². The van der Waals surface area contributed by atoms with E-state index in [-0.39, 0.29) is 17.0 Å². The van der Waals surface area contributed by atoms with Crippen LogP contribution in [-0.4, -0.2) is 31.1 Å². The van der Waals surface area contributed by atoms with Crippen LogP contribution in [0.5, 0.6) is 0 Å². The van der Waals surface area contributed by atoms with Crippen molar-refractivity contribution in [3.8, 4) is 0 Å².